The molecule has 16 heavy (non-hydrogen) atoms. The normalized spacial score (nSPS) is 26.9. The zero-order valence-corrected chi connectivity index (χ0v) is 9.87. The molecule has 1 aliphatic rings. The van der Waals surface area contributed by atoms with Crippen molar-refractivity contribution in [1.82, 2.24) is 4.72 Å². The van der Waals surface area contributed by atoms with E-state index in [1.807, 2.05) is 31.2 Å². The Hall–Kier alpha value is -0.750. The summed E-state index contributed by atoms with van der Waals surface area (Å²) < 4.78 is 27.5. The van der Waals surface area contributed by atoms with E-state index in [1.165, 1.54) is 5.56 Å². The zero-order valence-electron chi connectivity index (χ0n) is 9.05. The van der Waals surface area contributed by atoms with Gasteiger partial charge in [0.25, 0.3) is 0 Å². The lowest BCUT2D eigenvalue weighted by molar-refractivity contribution is 0.189. The Kier molecular flexibility index (Phi) is 3.70. The maximum absolute atomic E-state index is 10.7. The van der Waals surface area contributed by atoms with E-state index in [1.54, 1.807) is 0 Å². The van der Waals surface area contributed by atoms with Crippen molar-refractivity contribution < 1.29 is 13.5 Å². The van der Waals surface area contributed by atoms with Crippen molar-refractivity contribution >= 4 is 11.3 Å². The first-order valence-electron chi connectivity index (χ1n) is 5.18. The Balaban J connectivity index is 2.13. The third kappa shape index (κ3) is 2.68. The zero-order chi connectivity index (χ0) is 11.5. The number of aryl methyl sites for hydroxylation is 1. The van der Waals surface area contributed by atoms with Gasteiger partial charge in [-0.2, -0.15) is 0 Å². The highest BCUT2D eigenvalue weighted by Crippen LogP contribution is 2.26. The van der Waals surface area contributed by atoms with Crippen LogP contribution in [0.25, 0.3) is 0 Å². The second-order valence-electron chi connectivity index (χ2n) is 4.03. The summed E-state index contributed by atoms with van der Waals surface area (Å²) >= 11 is -1.98. The molecule has 0 amide bonds. The minimum atomic E-state index is -1.98. The van der Waals surface area contributed by atoms with Gasteiger partial charge in [-0.25, -0.2) is 8.93 Å². The van der Waals surface area contributed by atoms with Crippen molar-refractivity contribution in [2.75, 3.05) is 13.2 Å². The monoisotopic (exact) mass is 241 g/mol. The summed E-state index contributed by atoms with van der Waals surface area (Å²) in [6.07, 6.45) is 0. The molecule has 1 aromatic carbocycles. The Morgan fingerprint density at radius 3 is 2.69 bits per heavy atom. The summed E-state index contributed by atoms with van der Waals surface area (Å²) in [6, 6.07) is 8.09. The first-order valence-corrected chi connectivity index (χ1v) is 6.29. The molecule has 0 aliphatic carbocycles. The Labute approximate surface area is 97.4 Å². The summed E-state index contributed by atoms with van der Waals surface area (Å²) in [5.74, 6) is 0.150. The Bertz CT molecular complexity index is 379. The third-order valence-electron chi connectivity index (χ3n) is 2.84. The summed E-state index contributed by atoms with van der Waals surface area (Å²) in [6.45, 7) is 3.11. The van der Waals surface area contributed by atoms with E-state index in [9.17, 15) is 4.21 Å². The number of hydrogen-bond acceptors (Lipinski definition) is 2. The highest BCUT2D eigenvalue weighted by Gasteiger charge is 2.30. The standard InChI is InChI=1S/C11H15NO3S/c1-8-2-4-9(5-3-8)10-6-15-7-11(10)12-16(13)14/h2-5,10-12H,6-7H2,1H3,(H,13,14). The van der Waals surface area contributed by atoms with Gasteiger partial charge in [-0.1, -0.05) is 29.8 Å². The smallest absolute Gasteiger partial charge is 0.232 e. The van der Waals surface area contributed by atoms with E-state index < -0.39 is 11.3 Å². The molecule has 1 heterocycles. The molecule has 1 aromatic rings. The van der Waals surface area contributed by atoms with Crippen molar-refractivity contribution in [3.05, 3.63) is 35.4 Å². The van der Waals surface area contributed by atoms with E-state index in [2.05, 4.69) is 4.72 Å². The molecule has 3 unspecified atom stereocenters. The molecule has 1 aliphatic heterocycles. The number of hydrogen-bond donors (Lipinski definition) is 2. The number of ether oxygens (including phenoxy) is 1. The van der Waals surface area contributed by atoms with Crippen LogP contribution in [-0.4, -0.2) is 28.0 Å². The van der Waals surface area contributed by atoms with Crippen LogP contribution in [0.2, 0.25) is 0 Å². The van der Waals surface area contributed by atoms with Crippen LogP contribution in [-0.2, 0) is 16.0 Å². The van der Waals surface area contributed by atoms with Gasteiger partial charge in [-0.3, -0.25) is 4.55 Å². The largest absolute Gasteiger partial charge is 0.379 e. The number of rotatable bonds is 3. The molecule has 4 nitrogen and oxygen atoms in total. The molecule has 2 N–H and O–H groups in total. The lowest BCUT2D eigenvalue weighted by atomic mass is 9.94. The molecule has 0 aromatic heterocycles. The average Bonchev–Trinajstić information content (AvgIpc) is 2.66. The highest BCUT2D eigenvalue weighted by molar-refractivity contribution is 7.77. The molecule has 3 atom stereocenters. The maximum atomic E-state index is 10.7. The predicted octanol–water partition coefficient (Wildman–Crippen LogP) is 1.20. The van der Waals surface area contributed by atoms with Gasteiger partial charge < -0.3 is 4.74 Å². The van der Waals surface area contributed by atoms with Crippen molar-refractivity contribution in [3.8, 4) is 0 Å². The van der Waals surface area contributed by atoms with Gasteiger partial charge >= 0.3 is 0 Å². The number of benzene rings is 1. The van der Waals surface area contributed by atoms with Gasteiger partial charge in [-0.15, -0.1) is 0 Å². The van der Waals surface area contributed by atoms with E-state index >= 15 is 0 Å². The molecule has 1 fully saturated rings. The van der Waals surface area contributed by atoms with Gasteiger partial charge in [0.1, 0.15) is 0 Å². The molecule has 0 radical (unpaired) electrons. The molecular formula is C11H15NO3S. The lowest BCUT2D eigenvalue weighted by Crippen LogP contribution is -2.35. The third-order valence-corrected chi connectivity index (χ3v) is 3.34. The molecule has 0 spiro atoms. The lowest BCUT2D eigenvalue weighted by Gasteiger charge is -2.17. The Morgan fingerprint density at radius 2 is 2.06 bits per heavy atom. The van der Waals surface area contributed by atoms with Crippen molar-refractivity contribution in [1.29, 1.82) is 0 Å². The second-order valence-corrected chi connectivity index (χ2v) is 4.76. The molecule has 5 heteroatoms. The summed E-state index contributed by atoms with van der Waals surface area (Å²) in [5, 5.41) is 0. The molecule has 0 bridgehead atoms. The van der Waals surface area contributed by atoms with Gasteiger partial charge in [-0.05, 0) is 12.5 Å². The van der Waals surface area contributed by atoms with Crippen LogP contribution >= 0.6 is 0 Å². The fraction of sp³-hybridized carbons (Fsp3) is 0.455. The van der Waals surface area contributed by atoms with Gasteiger partial charge in [0.15, 0.2) is 0 Å². The second kappa shape index (κ2) is 5.05. The van der Waals surface area contributed by atoms with E-state index in [0.29, 0.717) is 13.2 Å². The van der Waals surface area contributed by atoms with Crippen LogP contribution in [0.5, 0.6) is 0 Å². The molecular weight excluding hydrogens is 226 g/mol. The van der Waals surface area contributed by atoms with Crippen molar-refractivity contribution in [2.45, 2.75) is 18.9 Å². The van der Waals surface area contributed by atoms with Crippen LogP contribution in [0.3, 0.4) is 0 Å². The number of nitrogens with one attached hydrogen (secondary N) is 1. The van der Waals surface area contributed by atoms with E-state index in [4.69, 9.17) is 9.29 Å². The SMILES string of the molecule is Cc1ccc(C2COCC2NS(=O)O)cc1. The molecule has 2 rings (SSSR count). The summed E-state index contributed by atoms with van der Waals surface area (Å²) in [4.78, 5) is 0. The first-order chi connectivity index (χ1) is 7.66. The van der Waals surface area contributed by atoms with Crippen LogP contribution in [0.4, 0.5) is 0 Å². The van der Waals surface area contributed by atoms with Crippen LogP contribution < -0.4 is 4.72 Å². The molecule has 1 saturated heterocycles. The summed E-state index contributed by atoms with van der Waals surface area (Å²) in [7, 11) is 0. The van der Waals surface area contributed by atoms with Crippen LogP contribution in [0.15, 0.2) is 24.3 Å². The quantitative estimate of drug-likeness (QED) is 0.782. The van der Waals surface area contributed by atoms with Crippen molar-refractivity contribution in [2.24, 2.45) is 0 Å². The van der Waals surface area contributed by atoms with Crippen LogP contribution in [0.1, 0.15) is 17.0 Å². The molecule has 0 saturated carbocycles. The molecule has 88 valence electrons. The summed E-state index contributed by atoms with van der Waals surface area (Å²) in [5.41, 5.74) is 2.35. The van der Waals surface area contributed by atoms with Gasteiger partial charge in [0, 0.05) is 5.92 Å². The topological polar surface area (TPSA) is 58.6 Å². The van der Waals surface area contributed by atoms with E-state index in [0.717, 1.165) is 5.56 Å². The Morgan fingerprint density at radius 1 is 1.38 bits per heavy atom. The first kappa shape index (κ1) is 11.7. The van der Waals surface area contributed by atoms with Crippen LogP contribution in [0, 0.1) is 6.92 Å². The fourth-order valence-electron chi connectivity index (χ4n) is 1.94. The minimum absolute atomic E-state index is 0.0893. The fourth-order valence-corrected chi connectivity index (χ4v) is 2.43. The maximum Gasteiger partial charge on any atom is 0.232 e. The van der Waals surface area contributed by atoms with Crippen molar-refractivity contribution in [3.63, 3.8) is 0 Å². The van der Waals surface area contributed by atoms with Gasteiger partial charge in [0.2, 0.25) is 11.3 Å². The van der Waals surface area contributed by atoms with E-state index in [-0.39, 0.29) is 12.0 Å². The van der Waals surface area contributed by atoms with Gasteiger partial charge in [0.05, 0.1) is 19.3 Å². The highest BCUT2D eigenvalue weighted by atomic mass is 32.2. The minimum Gasteiger partial charge on any atom is -0.379 e. The predicted molar refractivity (Wildman–Crippen MR) is 62.4 cm³/mol. The average molecular weight is 241 g/mol.